The maximum Gasteiger partial charge on any atom is 0.0450 e. The molecular formula is C23H30N2. The molecule has 1 aliphatic heterocycles. The lowest BCUT2D eigenvalue weighted by Gasteiger charge is -2.50. The number of fused-ring (bicyclic) bond motifs is 1. The van der Waals surface area contributed by atoms with Crippen molar-refractivity contribution in [3.8, 4) is 0 Å². The Morgan fingerprint density at radius 2 is 1.88 bits per heavy atom. The van der Waals surface area contributed by atoms with Crippen LogP contribution >= 0.6 is 0 Å². The van der Waals surface area contributed by atoms with Crippen LogP contribution < -0.4 is 5.32 Å². The third-order valence-electron chi connectivity index (χ3n) is 6.22. The number of rotatable bonds is 2. The van der Waals surface area contributed by atoms with E-state index in [0.717, 1.165) is 12.8 Å². The number of allylic oxidation sites excluding steroid dienone is 6. The quantitative estimate of drug-likeness (QED) is 0.663. The van der Waals surface area contributed by atoms with Gasteiger partial charge in [-0.2, -0.15) is 0 Å². The fourth-order valence-corrected chi connectivity index (χ4v) is 3.91. The van der Waals surface area contributed by atoms with Gasteiger partial charge in [-0.05, 0) is 36.5 Å². The van der Waals surface area contributed by atoms with Gasteiger partial charge in [0.05, 0.1) is 0 Å². The average molecular weight is 335 g/mol. The second-order valence-electron chi connectivity index (χ2n) is 8.19. The van der Waals surface area contributed by atoms with Gasteiger partial charge in [-0.1, -0.05) is 64.1 Å². The predicted octanol–water partition coefficient (Wildman–Crippen LogP) is 5.96. The van der Waals surface area contributed by atoms with Crippen molar-refractivity contribution in [1.29, 1.82) is 0 Å². The van der Waals surface area contributed by atoms with Crippen LogP contribution in [-0.4, -0.2) is 13.3 Å². The van der Waals surface area contributed by atoms with Crippen LogP contribution in [0.1, 0.15) is 51.7 Å². The molecule has 0 saturated heterocycles. The van der Waals surface area contributed by atoms with Gasteiger partial charge in [0.15, 0.2) is 0 Å². The molecule has 2 aliphatic rings. The van der Waals surface area contributed by atoms with Crippen molar-refractivity contribution in [3.63, 3.8) is 0 Å². The van der Waals surface area contributed by atoms with Gasteiger partial charge < -0.3 is 5.32 Å². The number of nitrogens with zero attached hydrogens (tertiary/aromatic N) is 1. The summed E-state index contributed by atoms with van der Waals surface area (Å²) in [6, 6.07) is 6.62. The number of hydrogen-bond acceptors (Lipinski definition) is 2. The fourth-order valence-electron chi connectivity index (χ4n) is 3.91. The van der Waals surface area contributed by atoms with Crippen molar-refractivity contribution in [3.05, 3.63) is 64.4 Å². The number of benzene rings is 1. The molecule has 2 heteroatoms. The number of nitrogens with one attached hydrogen (secondary N) is 1. The van der Waals surface area contributed by atoms with Crippen molar-refractivity contribution in [2.24, 2.45) is 10.4 Å². The molecule has 0 amide bonds. The van der Waals surface area contributed by atoms with Crippen LogP contribution in [0.3, 0.4) is 0 Å². The van der Waals surface area contributed by atoms with E-state index < -0.39 is 0 Å². The molecule has 1 aromatic rings. The Balaban J connectivity index is 2.29. The van der Waals surface area contributed by atoms with Crippen molar-refractivity contribution < 1.29 is 0 Å². The predicted molar refractivity (Wildman–Crippen MR) is 110 cm³/mol. The molecule has 3 rings (SSSR count). The highest BCUT2D eigenvalue weighted by Crippen LogP contribution is 2.54. The van der Waals surface area contributed by atoms with E-state index in [9.17, 15) is 0 Å². The van der Waals surface area contributed by atoms with Gasteiger partial charge >= 0.3 is 0 Å². The summed E-state index contributed by atoms with van der Waals surface area (Å²) in [5.74, 6) is 0. The van der Waals surface area contributed by atoms with Crippen molar-refractivity contribution in [2.75, 3.05) is 12.4 Å². The van der Waals surface area contributed by atoms with Crippen molar-refractivity contribution >= 4 is 11.9 Å². The molecule has 0 unspecified atom stereocenters. The minimum absolute atomic E-state index is 0.0146. The lowest BCUT2D eigenvalue weighted by atomic mass is 9.59. The molecule has 0 radical (unpaired) electrons. The van der Waals surface area contributed by atoms with Gasteiger partial charge in [-0.3, -0.25) is 4.99 Å². The van der Waals surface area contributed by atoms with Crippen LogP contribution in [0.4, 0.5) is 5.69 Å². The van der Waals surface area contributed by atoms with E-state index in [1.807, 2.05) is 13.3 Å². The van der Waals surface area contributed by atoms with Crippen LogP contribution in [0.25, 0.3) is 0 Å². The van der Waals surface area contributed by atoms with Gasteiger partial charge in [0, 0.05) is 41.0 Å². The topological polar surface area (TPSA) is 24.4 Å². The fraction of sp³-hybridized carbons (Fsp3) is 0.435. The third-order valence-corrected chi connectivity index (χ3v) is 6.22. The molecule has 132 valence electrons. The average Bonchev–Trinajstić information content (AvgIpc) is 2.58. The van der Waals surface area contributed by atoms with E-state index in [4.69, 9.17) is 0 Å². The molecule has 0 aromatic heterocycles. The third kappa shape index (κ3) is 2.78. The Bertz CT molecular complexity index is 801. The molecule has 0 saturated carbocycles. The van der Waals surface area contributed by atoms with E-state index in [1.165, 1.54) is 33.7 Å². The van der Waals surface area contributed by atoms with E-state index in [2.05, 4.69) is 81.4 Å². The highest BCUT2D eigenvalue weighted by molar-refractivity contribution is 5.89. The van der Waals surface area contributed by atoms with Gasteiger partial charge in [-0.25, -0.2) is 0 Å². The Morgan fingerprint density at radius 3 is 2.52 bits per heavy atom. The lowest BCUT2D eigenvalue weighted by molar-refractivity contribution is 0.242. The number of anilines is 1. The normalized spacial score (nSPS) is 23.0. The van der Waals surface area contributed by atoms with Crippen LogP contribution in [0, 0.1) is 12.3 Å². The molecule has 0 bridgehead atoms. The van der Waals surface area contributed by atoms with Gasteiger partial charge in [0.1, 0.15) is 0 Å². The van der Waals surface area contributed by atoms with Crippen LogP contribution in [-0.2, 0) is 5.41 Å². The van der Waals surface area contributed by atoms with Crippen LogP contribution in [0.5, 0.6) is 0 Å². The Kier molecular flexibility index (Phi) is 4.49. The molecule has 1 heterocycles. The van der Waals surface area contributed by atoms with Crippen molar-refractivity contribution in [1.82, 2.24) is 0 Å². The Morgan fingerprint density at radius 1 is 1.12 bits per heavy atom. The molecule has 25 heavy (non-hydrogen) atoms. The standard InChI is InChI=1S/C23H30N2/c1-16-11-10-14-19-20(16)25-21(23(4,5)22(19,2)3)18(15-24-6)17-12-8-7-9-13-17/h8,10-15,25H,7,9H2,1-6H3/b21-18+,24-15?. The van der Waals surface area contributed by atoms with Gasteiger partial charge in [0.2, 0.25) is 0 Å². The number of aliphatic imine (C=N–C) groups is 1. The second-order valence-corrected chi connectivity index (χ2v) is 8.19. The zero-order valence-electron chi connectivity index (χ0n) is 16.4. The smallest absolute Gasteiger partial charge is 0.0450 e. The summed E-state index contributed by atoms with van der Waals surface area (Å²) < 4.78 is 0. The summed E-state index contributed by atoms with van der Waals surface area (Å²) in [4.78, 5) is 4.38. The maximum absolute atomic E-state index is 4.38. The van der Waals surface area contributed by atoms with Crippen LogP contribution in [0.15, 0.2) is 58.3 Å². The molecule has 1 aliphatic carbocycles. The number of aryl methyl sites for hydroxylation is 1. The molecule has 0 atom stereocenters. The minimum atomic E-state index is -0.0452. The summed E-state index contributed by atoms with van der Waals surface area (Å²) in [6.07, 6.45) is 11.1. The first-order chi connectivity index (χ1) is 11.8. The summed E-state index contributed by atoms with van der Waals surface area (Å²) in [7, 11) is 1.85. The first-order valence-electron chi connectivity index (χ1n) is 9.22. The Labute approximate surface area is 152 Å². The van der Waals surface area contributed by atoms with E-state index in [0.29, 0.717) is 0 Å². The zero-order valence-corrected chi connectivity index (χ0v) is 16.4. The lowest BCUT2D eigenvalue weighted by Crippen LogP contribution is -2.45. The second kappa shape index (κ2) is 6.33. The van der Waals surface area contributed by atoms with E-state index >= 15 is 0 Å². The summed E-state index contributed by atoms with van der Waals surface area (Å²) >= 11 is 0. The number of para-hydroxylation sites is 1. The minimum Gasteiger partial charge on any atom is -0.357 e. The number of hydrogen-bond donors (Lipinski definition) is 1. The molecular weight excluding hydrogens is 304 g/mol. The maximum atomic E-state index is 4.38. The monoisotopic (exact) mass is 334 g/mol. The SMILES string of the molecule is CN=C/C(C1=CCCC=C1)=C1\Nc2c(C)cccc2C(C)(C)C1(C)C. The van der Waals surface area contributed by atoms with E-state index in [1.54, 1.807) is 0 Å². The first kappa shape index (κ1) is 17.7. The summed E-state index contributed by atoms with van der Waals surface area (Å²) in [6.45, 7) is 11.6. The first-order valence-corrected chi connectivity index (χ1v) is 9.22. The van der Waals surface area contributed by atoms with E-state index in [-0.39, 0.29) is 10.8 Å². The highest BCUT2D eigenvalue weighted by Gasteiger charge is 2.47. The largest absolute Gasteiger partial charge is 0.357 e. The van der Waals surface area contributed by atoms with Crippen LogP contribution in [0.2, 0.25) is 0 Å². The molecule has 1 aromatic carbocycles. The molecule has 1 N–H and O–H groups in total. The summed E-state index contributed by atoms with van der Waals surface area (Å²) in [5.41, 5.74) is 7.66. The Hall–Kier alpha value is -2.09. The molecule has 0 spiro atoms. The van der Waals surface area contributed by atoms with Gasteiger partial charge in [0.25, 0.3) is 0 Å². The van der Waals surface area contributed by atoms with Gasteiger partial charge in [-0.15, -0.1) is 0 Å². The zero-order chi connectivity index (χ0) is 18.2. The molecule has 0 fully saturated rings. The molecule has 2 nitrogen and oxygen atoms in total. The highest BCUT2D eigenvalue weighted by atomic mass is 15.0. The van der Waals surface area contributed by atoms with Crippen molar-refractivity contribution in [2.45, 2.75) is 52.9 Å². The summed E-state index contributed by atoms with van der Waals surface area (Å²) in [5, 5.41) is 3.81.